The van der Waals surface area contributed by atoms with Crippen molar-refractivity contribution in [1.29, 1.82) is 0 Å². The number of hydrogen-bond acceptors (Lipinski definition) is 6. The van der Waals surface area contributed by atoms with Crippen molar-refractivity contribution >= 4 is 31.3 Å². The van der Waals surface area contributed by atoms with E-state index < -0.39 is 8.80 Å². The number of fused-ring (bicyclic) bond motifs is 15. The van der Waals surface area contributed by atoms with E-state index in [0.29, 0.717) is 89.9 Å². The van der Waals surface area contributed by atoms with Crippen molar-refractivity contribution in [2.75, 3.05) is 0 Å². The molecule has 0 aromatic heterocycles. The van der Waals surface area contributed by atoms with Crippen LogP contribution in [0.3, 0.4) is 0 Å². The van der Waals surface area contributed by atoms with Crippen LogP contribution in [0.2, 0.25) is 0 Å². The van der Waals surface area contributed by atoms with Crippen LogP contribution in [-0.2, 0) is 27.7 Å². The summed E-state index contributed by atoms with van der Waals surface area (Å²) in [5.74, 6) is 6.75. The third kappa shape index (κ3) is 6.79. The van der Waals surface area contributed by atoms with Crippen LogP contribution in [0.15, 0.2) is 65.3 Å². The Balaban J connectivity index is 0.851. The summed E-state index contributed by atoms with van der Waals surface area (Å²) in [5, 5.41) is 1.17. The predicted octanol–water partition coefficient (Wildman–Crippen LogP) is 13.6. The molecular formula is C63H86O6Si. The molecule has 0 spiro atoms. The number of hydrogen-bond donors (Lipinski definition) is 0. The van der Waals surface area contributed by atoms with Crippen molar-refractivity contribution in [3.8, 4) is 0 Å². The zero-order valence-electron chi connectivity index (χ0n) is 44.0. The fourth-order valence-corrected chi connectivity index (χ4v) is 25.1. The quantitative estimate of drug-likeness (QED) is 0.253. The molecule has 18 atom stereocenters. The summed E-state index contributed by atoms with van der Waals surface area (Å²) >= 11 is 0. The van der Waals surface area contributed by atoms with E-state index in [1.54, 1.807) is 0 Å². The van der Waals surface area contributed by atoms with Gasteiger partial charge in [-0.2, -0.15) is 0 Å². The molecule has 378 valence electrons. The molecule has 1 aromatic carbocycles. The molecule has 12 aliphatic carbocycles. The molecule has 0 heterocycles. The van der Waals surface area contributed by atoms with Crippen LogP contribution in [0.25, 0.3) is 0 Å². The summed E-state index contributed by atoms with van der Waals surface area (Å²) in [5.41, 5.74) is 4.92. The van der Waals surface area contributed by atoms with Crippen molar-refractivity contribution in [1.82, 2.24) is 0 Å². The molecule has 9 fully saturated rings. The minimum Gasteiger partial charge on any atom is -0.366 e. The summed E-state index contributed by atoms with van der Waals surface area (Å²) < 4.78 is 25.0. The zero-order chi connectivity index (χ0) is 48.2. The van der Waals surface area contributed by atoms with Crippen molar-refractivity contribution < 1.29 is 27.7 Å². The van der Waals surface area contributed by atoms with Gasteiger partial charge < -0.3 is 13.3 Å². The third-order valence-corrected chi connectivity index (χ3v) is 28.5. The summed E-state index contributed by atoms with van der Waals surface area (Å²) in [6, 6.07) is 11.3. The maximum absolute atomic E-state index is 12.7. The molecule has 0 bridgehead atoms. The lowest BCUT2D eigenvalue weighted by atomic mass is 9.47. The molecule has 0 saturated heterocycles. The van der Waals surface area contributed by atoms with Gasteiger partial charge >= 0.3 is 8.80 Å². The molecule has 0 aliphatic heterocycles. The van der Waals surface area contributed by atoms with Crippen LogP contribution in [0.4, 0.5) is 0 Å². The first-order valence-electron chi connectivity index (χ1n) is 29.3. The van der Waals surface area contributed by atoms with E-state index in [4.69, 9.17) is 13.3 Å². The minimum absolute atomic E-state index is 0.0393. The fourth-order valence-electron chi connectivity index (χ4n) is 21.6. The molecule has 0 radical (unpaired) electrons. The van der Waals surface area contributed by atoms with Gasteiger partial charge in [-0.15, -0.1) is 0 Å². The average molecular weight is 967 g/mol. The van der Waals surface area contributed by atoms with E-state index in [-0.39, 0.29) is 50.8 Å². The second-order valence-corrected chi connectivity index (χ2v) is 30.4. The first kappa shape index (κ1) is 47.3. The van der Waals surface area contributed by atoms with Crippen molar-refractivity contribution in [3.05, 3.63) is 65.3 Å². The van der Waals surface area contributed by atoms with Crippen molar-refractivity contribution in [2.45, 2.75) is 214 Å². The van der Waals surface area contributed by atoms with Gasteiger partial charge in [0.1, 0.15) is 0 Å². The maximum Gasteiger partial charge on any atom is 0.537 e. The van der Waals surface area contributed by atoms with Gasteiger partial charge in [0.05, 0.1) is 18.3 Å². The largest absolute Gasteiger partial charge is 0.537 e. The zero-order valence-corrected chi connectivity index (χ0v) is 45.0. The van der Waals surface area contributed by atoms with Gasteiger partial charge in [-0.3, -0.25) is 14.4 Å². The Bertz CT molecular complexity index is 2190. The van der Waals surface area contributed by atoms with Crippen LogP contribution < -0.4 is 5.19 Å². The van der Waals surface area contributed by atoms with Gasteiger partial charge in [0.2, 0.25) is 0 Å². The van der Waals surface area contributed by atoms with Crippen LogP contribution in [0.1, 0.15) is 196 Å². The Labute approximate surface area is 422 Å². The normalized spacial score (nSPS) is 49.3. The number of ketones is 3. The van der Waals surface area contributed by atoms with Crippen LogP contribution >= 0.6 is 0 Å². The Morgan fingerprint density at radius 2 is 0.714 bits per heavy atom. The number of carbonyl (C=O) groups excluding carboxylic acids is 3. The number of allylic oxidation sites excluding steroid dienone is 3. The molecule has 0 N–H and O–H groups in total. The fraction of sp³-hybridized carbons (Fsp3) is 0.762. The highest BCUT2D eigenvalue weighted by atomic mass is 28.4. The van der Waals surface area contributed by atoms with E-state index >= 15 is 0 Å². The van der Waals surface area contributed by atoms with Gasteiger partial charge in [-0.25, -0.2) is 0 Å². The number of carbonyl (C=O) groups is 3. The van der Waals surface area contributed by atoms with E-state index in [1.807, 2.05) is 0 Å². The molecule has 12 aliphatic rings. The topological polar surface area (TPSA) is 78.9 Å². The van der Waals surface area contributed by atoms with Crippen LogP contribution in [-0.4, -0.2) is 44.5 Å². The van der Waals surface area contributed by atoms with Gasteiger partial charge in [0.15, 0.2) is 17.3 Å². The van der Waals surface area contributed by atoms with Crippen LogP contribution in [0.5, 0.6) is 0 Å². The first-order valence-corrected chi connectivity index (χ1v) is 31.0. The van der Waals surface area contributed by atoms with E-state index in [2.05, 4.69) is 90.1 Å². The monoisotopic (exact) mass is 967 g/mol. The molecular weight excluding hydrogens is 881 g/mol. The summed E-state index contributed by atoms with van der Waals surface area (Å²) in [6.45, 7) is 15.4. The summed E-state index contributed by atoms with van der Waals surface area (Å²) in [4.78, 5) is 38.2. The predicted molar refractivity (Wildman–Crippen MR) is 277 cm³/mol. The lowest BCUT2D eigenvalue weighted by Crippen LogP contribution is -2.65. The standard InChI is InChI=1S/C63H86O6Si/c1-58-30-24-42(64)36-39(58)12-15-46-49-18-21-55(61(49,4)33-27-52(46)58)67-70(45-10-8-7-9-11-45,68-56-22-19-50-47-16-13-40-37-43(65)25-31-59(40,2)53(47)28-34-62(50,56)5)69-57-23-20-51-48-17-14-41-38-44(66)26-32-60(41,3)54(48)29-35-63(51,57)6/h7-11,36-38,46-57H,12-35H2,1-6H3/t46-,47-,48+,49+,50+,51+,52+,53+,54+,55+,56+,57+,58-,59-,60-,61-,62-,63-/m0/s1. The second-order valence-electron chi connectivity index (χ2n) is 28.0. The highest BCUT2D eigenvalue weighted by Gasteiger charge is 2.67. The molecule has 9 saturated carbocycles. The van der Waals surface area contributed by atoms with Gasteiger partial charge in [0, 0.05) is 24.4 Å². The molecule has 1 aromatic rings. The van der Waals surface area contributed by atoms with E-state index in [9.17, 15) is 14.4 Å². The minimum atomic E-state index is -3.66. The SMILES string of the molecule is C[C@]12CC[C@@H]3[C@H](CCC4=CC(=O)CC[C@@]43C)[C@H]1CC[C@H]2O[Si](O[C@@H]1CC[C@@H]2[C@@H]3CCC4=CC(=O)CC[C@]4(C)[C@@H]3CC[C@@]21C)(O[C@@H]1CC[C@@H]2[C@@H]3CCC4=CC(=O)CC[C@]4(C)[C@@H]3CC[C@@]21C)c1ccccc1. The van der Waals surface area contributed by atoms with E-state index in [1.165, 1.54) is 99.0 Å². The Hall–Kier alpha value is -2.45. The summed E-state index contributed by atoms with van der Waals surface area (Å²) in [7, 11) is -3.66. The molecule has 13 rings (SSSR count). The number of rotatable bonds is 7. The highest BCUT2D eigenvalue weighted by Crippen LogP contribution is 2.70. The molecule has 6 nitrogen and oxygen atoms in total. The molecule has 0 unspecified atom stereocenters. The average Bonchev–Trinajstić information content (AvgIpc) is 3.98. The van der Waals surface area contributed by atoms with E-state index in [0.717, 1.165) is 57.8 Å². The molecule has 0 amide bonds. The molecule has 7 heteroatoms. The Morgan fingerprint density at radius 1 is 0.386 bits per heavy atom. The van der Waals surface area contributed by atoms with Crippen molar-refractivity contribution in [3.63, 3.8) is 0 Å². The Kier molecular flexibility index (Phi) is 11.2. The lowest BCUT2D eigenvalue weighted by molar-refractivity contribution is -0.127. The maximum atomic E-state index is 12.7. The first-order chi connectivity index (χ1) is 33.5. The molecule has 70 heavy (non-hydrogen) atoms. The Morgan fingerprint density at radius 3 is 1.04 bits per heavy atom. The van der Waals surface area contributed by atoms with Gasteiger partial charge in [0.25, 0.3) is 0 Å². The number of benzene rings is 1. The lowest BCUT2D eigenvalue weighted by Gasteiger charge is -2.59. The van der Waals surface area contributed by atoms with Crippen LogP contribution in [0, 0.1) is 85.8 Å². The van der Waals surface area contributed by atoms with Gasteiger partial charge in [-0.05, 0) is 239 Å². The summed E-state index contributed by atoms with van der Waals surface area (Å²) in [6.07, 6.45) is 32.3. The van der Waals surface area contributed by atoms with Gasteiger partial charge in [-0.1, -0.05) is 88.6 Å². The second kappa shape index (κ2) is 16.5. The van der Waals surface area contributed by atoms with Crippen molar-refractivity contribution in [2.24, 2.45) is 85.8 Å². The third-order valence-electron chi connectivity index (χ3n) is 25.6. The highest BCUT2D eigenvalue weighted by molar-refractivity contribution is 6.75. The smallest absolute Gasteiger partial charge is 0.366 e.